The molecule has 0 radical (unpaired) electrons. The number of rotatable bonds is 5. The highest BCUT2D eigenvalue weighted by atomic mass is 16.1. The van der Waals surface area contributed by atoms with Crippen molar-refractivity contribution in [3.63, 3.8) is 0 Å². The molecule has 1 aliphatic heterocycles. The highest BCUT2D eigenvalue weighted by Crippen LogP contribution is 2.33. The first-order chi connectivity index (χ1) is 9.07. The normalized spacial score (nSPS) is 22.9. The molecule has 2 nitrogen and oxygen atoms in total. The molecular formula is C17H25NO. The van der Waals surface area contributed by atoms with Gasteiger partial charge in [-0.05, 0) is 43.4 Å². The largest absolute Gasteiger partial charge is 0.316 e. The summed E-state index contributed by atoms with van der Waals surface area (Å²) in [6, 6.07) is 8.22. The van der Waals surface area contributed by atoms with Crippen LogP contribution in [0.15, 0.2) is 24.3 Å². The van der Waals surface area contributed by atoms with Gasteiger partial charge in [0.1, 0.15) is 0 Å². The second-order valence-corrected chi connectivity index (χ2v) is 6.19. The van der Waals surface area contributed by atoms with Crippen molar-refractivity contribution in [3.05, 3.63) is 35.4 Å². The Morgan fingerprint density at radius 3 is 2.79 bits per heavy atom. The van der Waals surface area contributed by atoms with E-state index in [1.807, 2.05) is 12.1 Å². The first kappa shape index (κ1) is 14.3. The molecule has 1 aliphatic rings. The monoisotopic (exact) mass is 259 g/mol. The van der Waals surface area contributed by atoms with Gasteiger partial charge in [-0.3, -0.25) is 4.79 Å². The summed E-state index contributed by atoms with van der Waals surface area (Å²) in [7, 11) is 0. The zero-order valence-corrected chi connectivity index (χ0v) is 12.3. The van der Waals surface area contributed by atoms with Crippen LogP contribution in [0.2, 0.25) is 0 Å². The van der Waals surface area contributed by atoms with Crippen LogP contribution >= 0.6 is 0 Å². The number of carbonyl (C=O) groups excluding carboxylic acids is 1. The van der Waals surface area contributed by atoms with Gasteiger partial charge in [-0.2, -0.15) is 0 Å². The number of Topliss-reactive ketones (excluding diaryl/α,β-unsaturated/α-hetero) is 1. The highest BCUT2D eigenvalue weighted by molar-refractivity contribution is 6.01. The molecular weight excluding hydrogens is 234 g/mol. The quantitative estimate of drug-likeness (QED) is 0.821. The highest BCUT2D eigenvalue weighted by Gasteiger charge is 2.39. The van der Waals surface area contributed by atoms with Gasteiger partial charge in [0.2, 0.25) is 0 Å². The first-order valence-electron chi connectivity index (χ1n) is 7.42. The molecule has 1 saturated heterocycles. The summed E-state index contributed by atoms with van der Waals surface area (Å²) in [5, 5.41) is 3.34. The number of hydrogen-bond donors (Lipinski definition) is 1. The third-order valence-corrected chi connectivity index (χ3v) is 4.24. The van der Waals surface area contributed by atoms with Crippen molar-refractivity contribution in [2.45, 2.75) is 40.0 Å². The molecule has 1 atom stereocenters. The molecule has 0 amide bonds. The van der Waals surface area contributed by atoms with E-state index in [2.05, 4.69) is 38.2 Å². The molecule has 0 spiro atoms. The number of nitrogens with one attached hydrogen (secondary N) is 1. The van der Waals surface area contributed by atoms with Crippen LogP contribution in [0.3, 0.4) is 0 Å². The Balaban J connectivity index is 2.23. The topological polar surface area (TPSA) is 29.1 Å². The van der Waals surface area contributed by atoms with Gasteiger partial charge in [-0.15, -0.1) is 0 Å². The second kappa shape index (κ2) is 5.87. The number of carbonyl (C=O) groups is 1. The van der Waals surface area contributed by atoms with E-state index in [9.17, 15) is 4.79 Å². The van der Waals surface area contributed by atoms with E-state index < -0.39 is 0 Å². The molecule has 0 aromatic heterocycles. The molecule has 19 heavy (non-hydrogen) atoms. The lowest BCUT2D eigenvalue weighted by Gasteiger charge is -2.25. The number of ketones is 1. The standard InChI is InChI=1S/C17H25NO/c1-4-17(8-9-18-12-17)16(19)15-7-5-6-14(11-15)10-13(2)3/h5-7,11,13,18H,4,8-10,12H2,1-3H3. The number of benzene rings is 1. The van der Waals surface area contributed by atoms with Crippen molar-refractivity contribution in [3.8, 4) is 0 Å². The van der Waals surface area contributed by atoms with Crippen LogP contribution in [0.5, 0.6) is 0 Å². The average Bonchev–Trinajstić information content (AvgIpc) is 2.87. The molecule has 1 aromatic carbocycles. The first-order valence-corrected chi connectivity index (χ1v) is 7.42. The van der Waals surface area contributed by atoms with Crippen LogP contribution < -0.4 is 5.32 Å². The minimum Gasteiger partial charge on any atom is -0.316 e. The Hall–Kier alpha value is -1.15. The van der Waals surface area contributed by atoms with Crippen molar-refractivity contribution in [1.82, 2.24) is 5.32 Å². The van der Waals surface area contributed by atoms with Crippen molar-refractivity contribution < 1.29 is 4.79 Å². The van der Waals surface area contributed by atoms with Crippen LogP contribution in [0.1, 0.15) is 49.5 Å². The summed E-state index contributed by atoms with van der Waals surface area (Å²) in [6.07, 6.45) is 2.93. The minimum atomic E-state index is -0.170. The lowest BCUT2D eigenvalue weighted by Crippen LogP contribution is -2.33. The summed E-state index contributed by atoms with van der Waals surface area (Å²) < 4.78 is 0. The molecule has 1 N–H and O–H groups in total. The van der Waals surface area contributed by atoms with Gasteiger partial charge in [0, 0.05) is 17.5 Å². The van der Waals surface area contributed by atoms with E-state index in [4.69, 9.17) is 0 Å². The van der Waals surface area contributed by atoms with Gasteiger partial charge in [0.25, 0.3) is 0 Å². The van der Waals surface area contributed by atoms with Crippen LogP contribution in [-0.2, 0) is 6.42 Å². The third kappa shape index (κ3) is 3.06. The molecule has 1 fully saturated rings. The molecule has 2 rings (SSSR count). The average molecular weight is 259 g/mol. The maximum atomic E-state index is 12.8. The smallest absolute Gasteiger partial charge is 0.170 e. The Morgan fingerprint density at radius 2 is 2.21 bits per heavy atom. The van der Waals surface area contributed by atoms with Crippen LogP contribution in [-0.4, -0.2) is 18.9 Å². The van der Waals surface area contributed by atoms with Crippen molar-refractivity contribution in [2.75, 3.05) is 13.1 Å². The van der Waals surface area contributed by atoms with Crippen molar-refractivity contribution in [2.24, 2.45) is 11.3 Å². The van der Waals surface area contributed by atoms with Crippen LogP contribution in [0, 0.1) is 11.3 Å². The Bertz CT molecular complexity index is 444. The molecule has 1 heterocycles. The fraction of sp³-hybridized carbons (Fsp3) is 0.588. The van der Waals surface area contributed by atoms with E-state index in [-0.39, 0.29) is 5.41 Å². The Morgan fingerprint density at radius 1 is 1.42 bits per heavy atom. The fourth-order valence-corrected chi connectivity index (χ4v) is 3.02. The van der Waals surface area contributed by atoms with Crippen molar-refractivity contribution in [1.29, 1.82) is 0 Å². The summed E-state index contributed by atoms with van der Waals surface area (Å²) in [4.78, 5) is 12.8. The van der Waals surface area contributed by atoms with Gasteiger partial charge in [-0.25, -0.2) is 0 Å². The lowest BCUT2D eigenvalue weighted by atomic mass is 9.77. The summed E-state index contributed by atoms with van der Waals surface area (Å²) in [5.41, 5.74) is 2.00. The second-order valence-electron chi connectivity index (χ2n) is 6.19. The van der Waals surface area contributed by atoms with E-state index in [1.165, 1.54) is 5.56 Å². The summed E-state index contributed by atoms with van der Waals surface area (Å²) in [6.45, 7) is 8.34. The van der Waals surface area contributed by atoms with E-state index in [0.29, 0.717) is 11.7 Å². The van der Waals surface area contributed by atoms with Gasteiger partial charge in [0.15, 0.2) is 5.78 Å². The molecule has 0 aliphatic carbocycles. The molecule has 104 valence electrons. The van der Waals surface area contributed by atoms with E-state index in [1.54, 1.807) is 0 Å². The summed E-state index contributed by atoms with van der Waals surface area (Å²) in [5.74, 6) is 0.948. The predicted octanol–water partition coefficient (Wildman–Crippen LogP) is 3.46. The van der Waals surface area contributed by atoms with Gasteiger partial charge in [-0.1, -0.05) is 39.0 Å². The molecule has 0 saturated carbocycles. The van der Waals surface area contributed by atoms with Gasteiger partial charge in [0.05, 0.1) is 0 Å². The Labute approximate surface area is 116 Å². The summed E-state index contributed by atoms with van der Waals surface area (Å²) >= 11 is 0. The Kier molecular flexibility index (Phi) is 4.41. The SMILES string of the molecule is CCC1(C(=O)c2cccc(CC(C)C)c2)CCNC1. The van der Waals surface area contributed by atoms with E-state index >= 15 is 0 Å². The number of hydrogen-bond acceptors (Lipinski definition) is 2. The maximum absolute atomic E-state index is 12.8. The third-order valence-electron chi connectivity index (χ3n) is 4.24. The zero-order valence-electron chi connectivity index (χ0n) is 12.3. The zero-order chi connectivity index (χ0) is 13.9. The fourth-order valence-electron chi connectivity index (χ4n) is 3.02. The molecule has 1 unspecified atom stereocenters. The molecule has 2 heteroatoms. The van der Waals surface area contributed by atoms with Crippen molar-refractivity contribution >= 4 is 5.78 Å². The minimum absolute atomic E-state index is 0.170. The van der Waals surface area contributed by atoms with Gasteiger partial charge >= 0.3 is 0 Å². The lowest BCUT2D eigenvalue weighted by molar-refractivity contribution is 0.0810. The van der Waals surface area contributed by atoms with E-state index in [0.717, 1.165) is 37.9 Å². The van der Waals surface area contributed by atoms with Crippen LogP contribution in [0.4, 0.5) is 0 Å². The van der Waals surface area contributed by atoms with Gasteiger partial charge < -0.3 is 5.32 Å². The molecule has 1 aromatic rings. The predicted molar refractivity (Wildman–Crippen MR) is 79.5 cm³/mol. The maximum Gasteiger partial charge on any atom is 0.170 e. The van der Waals surface area contributed by atoms with Crippen LogP contribution in [0.25, 0.3) is 0 Å². The molecule has 0 bridgehead atoms.